The second-order valence-corrected chi connectivity index (χ2v) is 5.64. The van der Waals surface area contributed by atoms with Crippen molar-refractivity contribution in [2.45, 2.75) is 32.9 Å². The van der Waals surface area contributed by atoms with Crippen LogP contribution in [0.15, 0.2) is 24.3 Å². The third-order valence-electron chi connectivity index (χ3n) is 3.67. The lowest BCUT2D eigenvalue weighted by molar-refractivity contribution is 0.144. The van der Waals surface area contributed by atoms with Crippen molar-refractivity contribution < 1.29 is 0 Å². The minimum absolute atomic E-state index is 0.319. The molecular formula is C15H25ClN2. The molecule has 0 saturated carbocycles. The lowest BCUT2D eigenvalue weighted by Gasteiger charge is -2.36. The molecule has 1 rings (SSSR count). The van der Waals surface area contributed by atoms with E-state index in [4.69, 9.17) is 11.6 Å². The highest BCUT2D eigenvalue weighted by Crippen LogP contribution is 2.28. The molecule has 2 atom stereocenters. The smallest absolute Gasteiger partial charge is 0.0453 e. The molecule has 0 aliphatic rings. The second-order valence-electron chi connectivity index (χ2n) is 5.23. The molecule has 0 aliphatic carbocycles. The van der Waals surface area contributed by atoms with Gasteiger partial charge in [-0.05, 0) is 38.6 Å². The molecule has 2 nitrogen and oxygen atoms in total. The molecule has 0 radical (unpaired) electrons. The predicted octanol–water partition coefficient (Wildman–Crippen LogP) is 3.58. The van der Waals surface area contributed by atoms with Gasteiger partial charge < -0.3 is 5.32 Å². The van der Waals surface area contributed by atoms with E-state index in [1.165, 1.54) is 5.56 Å². The first kappa shape index (κ1) is 15.5. The Hall–Kier alpha value is -0.570. The van der Waals surface area contributed by atoms with Crippen LogP contribution in [0.3, 0.4) is 0 Å². The number of likely N-dealkylation sites (N-methyl/N-ethyl adjacent to an activating group) is 2. The standard InChI is InChI=1S/C15H25ClN2/c1-11(2)15(10-17-4)18(5)12(3)13-8-6-7-9-14(13)16/h6-9,11-12,15,17H,10H2,1-5H3. The molecule has 0 aromatic heterocycles. The maximum atomic E-state index is 6.28. The van der Waals surface area contributed by atoms with Gasteiger partial charge in [-0.2, -0.15) is 0 Å². The zero-order valence-corrected chi connectivity index (χ0v) is 12.8. The van der Waals surface area contributed by atoms with Crippen molar-refractivity contribution in [3.8, 4) is 0 Å². The highest BCUT2D eigenvalue weighted by atomic mass is 35.5. The van der Waals surface area contributed by atoms with E-state index >= 15 is 0 Å². The van der Waals surface area contributed by atoms with Gasteiger partial charge in [-0.3, -0.25) is 4.90 Å². The second kappa shape index (κ2) is 7.13. The van der Waals surface area contributed by atoms with Gasteiger partial charge >= 0.3 is 0 Å². The third kappa shape index (κ3) is 3.71. The van der Waals surface area contributed by atoms with Gasteiger partial charge in [0.05, 0.1) is 0 Å². The van der Waals surface area contributed by atoms with Crippen LogP contribution in [0.1, 0.15) is 32.4 Å². The Kier molecular flexibility index (Phi) is 6.13. The summed E-state index contributed by atoms with van der Waals surface area (Å²) < 4.78 is 0. The molecule has 0 saturated heterocycles. The lowest BCUT2D eigenvalue weighted by atomic mass is 9.98. The summed E-state index contributed by atoms with van der Waals surface area (Å²) >= 11 is 6.28. The molecule has 0 bridgehead atoms. The maximum Gasteiger partial charge on any atom is 0.0453 e. The Bertz CT molecular complexity index is 365. The molecule has 0 spiro atoms. The molecule has 1 aromatic carbocycles. The van der Waals surface area contributed by atoms with Gasteiger partial charge in [-0.15, -0.1) is 0 Å². The molecular weight excluding hydrogens is 244 g/mol. The quantitative estimate of drug-likeness (QED) is 0.848. The van der Waals surface area contributed by atoms with Crippen LogP contribution in [-0.2, 0) is 0 Å². The molecule has 0 heterocycles. The van der Waals surface area contributed by atoms with Crippen molar-refractivity contribution in [1.82, 2.24) is 10.2 Å². The van der Waals surface area contributed by atoms with E-state index in [-0.39, 0.29) is 0 Å². The zero-order chi connectivity index (χ0) is 13.7. The third-order valence-corrected chi connectivity index (χ3v) is 4.02. The van der Waals surface area contributed by atoms with Gasteiger partial charge in [0.15, 0.2) is 0 Å². The average Bonchev–Trinajstić information content (AvgIpc) is 2.34. The number of nitrogens with zero attached hydrogens (tertiary/aromatic N) is 1. The summed E-state index contributed by atoms with van der Waals surface area (Å²) in [7, 11) is 4.18. The van der Waals surface area contributed by atoms with Crippen LogP contribution < -0.4 is 5.32 Å². The van der Waals surface area contributed by atoms with E-state index in [0.717, 1.165) is 11.6 Å². The number of nitrogens with one attached hydrogen (secondary N) is 1. The van der Waals surface area contributed by atoms with Crippen LogP contribution in [0.25, 0.3) is 0 Å². The van der Waals surface area contributed by atoms with E-state index in [1.54, 1.807) is 0 Å². The zero-order valence-electron chi connectivity index (χ0n) is 12.1. The molecule has 0 amide bonds. The van der Waals surface area contributed by atoms with E-state index in [2.05, 4.69) is 44.1 Å². The van der Waals surface area contributed by atoms with Crippen molar-refractivity contribution >= 4 is 11.6 Å². The summed E-state index contributed by atoms with van der Waals surface area (Å²) in [6, 6.07) is 8.92. The Balaban J connectivity index is 2.88. The Morgan fingerprint density at radius 2 is 1.83 bits per heavy atom. The Morgan fingerprint density at radius 1 is 1.22 bits per heavy atom. The summed E-state index contributed by atoms with van der Waals surface area (Å²) in [5.74, 6) is 0.604. The highest BCUT2D eigenvalue weighted by molar-refractivity contribution is 6.31. The van der Waals surface area contributed by atoms with E-state index in [0.29, 0.717) is 18.0 Å². The summed E-state index contributed by atoms with van der Waals surface area (Å²) in [4.78, 5) is 2.41. The van der Waals surface area contributed by atoms with Crippen LogP contribution in [-0.4, -0.2) is 31.6 Å². The van der Waals surface area contributed by atoms with Crippen molar-refractivity contribution in [3.05, 3.63) is 34.9 Å². The molecule has 0 aliphatic heterocycles. The first-order valence-corrected chi connectivity index (χ1v) is 6.97. The average molecular weight is 269 g/mol. The molecule has 0 fully saturated rings. The van der Waals surface area contributed by atoms with Gasteiger partial charge in [0.1, 0.15) is 0 Å². The molecule has 18 heavy (non-hydrogen) atoms. The molecule has 1 N–H and O–H groups in total. The minimum Gasteiger partial charge on any atom is -0.318 e. The topological polar surface area (TPSA) is 15.3 Å². The van der Waals surface area contributed by atoms with Crippen molar-refractivity contribution in [3.63, 3.8) is 0 Å². The molecule has 2 unspecified atom stereocenters. The number of hydrogen-bond donors (Lipinski definition) is 1. The number of benzene rings is 1. The van der Waals surface area contributed by atoms with Crippen molar-refractivity contribution in [2.75, 3.05) is 20.6 Å². The van der Waals surface area contributed by atoms with Gasteiger partial charge in [-0.25, -0.2) is 0 Å². The monoisotopic (exact) mass is 268 g/mol. The fraction of sp³-hybridized carbons (Fsp3) is 0.600. The van der Waals surface area contributed by atoms with Crippen LogP contribution in [0, 0.1) is 5.92 Å². The maximum absolute atomic E-state index is 6.28. The predicted molar refractivity (Wildman–Crippen MR) is 80.2 cm³/mol. The number of halogens is 1. The van der Waals surface area contributed by atoms with E-state index < -0.39 is 0 Å². The van der Waals surface area contributed by atoms with Crippen LogP contribution >= 0.6 is 11.6 Å². The van der Waals surface area contributed by atoms with Gasteiger partial charge in [0.2, 0.25) is 0 Å². The van der Waals surface area contributed by atoms with Crippen LogP contribution in [0.5, 0.6) is 0 Å². The van der Waals surface area contributed by atoms with Gasteiger partial charge in [0.25, 0.3) is 0 Å². The first-order valence-electron chi connectivity index (χ1n) is 6.60. The molecule has 102 valence electrons. The Labute approximate surface area is 116 Å². The summed E-state index contributed by atoms with van der Waals surface area (Å²) in [6.07, 6.45) is 0. The fourth-order valence-corrected chi connectivity index (χ4v) is 2.67. The van der Waals surface area contributed by atoms with Crippen LogP contribution in [0.2, 0.25) is 5.02 Å². The number of rotatable bonds is 6. The normalized spacial score (nSPS) is 15.1. The first-order chi connectivity index (χ1) is 8.49. The lowest BCUT2D eigenvalue weighted by Crippen LogP contribution is -2.43. The van der Waals surface area contributed by atoms with E-state index in [9.17, 15) is 0 Å². The largest absolute Gasteiger partial charge is 0.318 e. The SMILES string of the molecule is CNCC(C(C)C)N(C)C(C)c1ccccc1Cl. The van der Waals surface area contributed by atoms with Gasteiger partial charge in [-0.1, -0.05) is 43.6 Å². The van der Waals surface area contributed by atoms with Gasteiger partial charge in [0, 0.05) is 23.7 Å². The minimum atomic E-state index is 0.319. The summed E-state index contributed by atoms with van der Waals surface area (Å²) in [5.41, 5.74) is 1.20. The van der Waals surface area contributed by atoms with Crippen LogP contribution in [0.4, 0.5) is 0 Å². The Morgan fingerprint density at radius 3 is 2.33 bits per heavy atom. The van der Waals surface area contributed by atoms with Crippen molar-refractivity contribution in [1.29, 1.82) is 0 Å². The molecule has 3 heteroatoms. The summed E-state index contributed by atoms with van der Waals surface area (Å²) in [5, 5.41) is 4.13. The fourth-order valence-electron chi connectivity index (χ4n) is 2.38. The van der Waals surface area contributed by atoms with E-state index in [1.807, 2.05) is 25.2 Å². The number of hydrogen-bond acceptors (Lipinski definition) is 2. The summed E-state index contributed by atoms with van der Waals surface area (Å²) in [6.45, 7) is 7.73. The highest BCUT2D eigenvalue weighted by Gasteiger charge is 2.24. The van der Waals surface area contributed by atoms with Crippen molar-refractivity contribution in [2.24, 2.45) is 5.92 Å². The molecule has 1 aromatic rings.